The Balaban J connectivity index is 1.72. The molecule has 2 fully saturated rings. The van der Waals surface area contributed by atoms with Crippen LogP contribution in [-0.2, 0) is 9.59 Å². The molecule has 2 aliphatic rings. The molecule has 7 heteroatoms. The van der Waals surface area contributed by atoms with E-state index in [0.29, 0.717) is 0 Å². The first kappa shape index (κ1) is 14.8. The van der Waals surface area contributed by atoms with E-state index in [0.717, 1.165) is 38.5 Å². The van der Waals surface area contributed by atoms with E-state index in [1.807, 2.05) is 0 Å². The zero-order valence-electron chi connectivity index (χ0n) is 11.4. The van der Waals surface area contributed by atoms with E-state index in [-0.39, 0.29) is 25.2 Å². The number of hydrogen-bond donors (Lipinski definition) is 3. The fourth-order valence-electron chi connectivity index (χ4n) is 2.57. The number of carbonyl (C=O) groups excluding carboxylic acids is 2. The normalized spacial score (nSPS) is 19.1. The summed E-state index contributed by atoms with van der Waals surface area (Å²) in [5, 5.41) is 13.8. The third-order valence-corrected chi connectivity index (χ3v) is 3.69. The lowest BCUT2D eigenvalue weighted by Gasteiger charge is -2.19. The molecule has 112 valence electrons. The number of nitrogens with zero attached hydrogens (tertiary/aromatic N) is 1. The number of rotatable bonds is 6. The second kappa shape index (κ2) is 6.69. The molecule has 2 saturated carbocycles. The molecule has 0 aromatic rings. The monoisotopic (exact) mass is 283 g/mol. The maximum absolute atomic E-state index is 11.7. The van der Waals surface area contributed by atoms with Gasteiger partial charge >= 0.3 is 12.0 Å². The lowest BCUT2D eigenvalue weighted by atomic mass is 10.2. The van der Waals surface area contributed by atoms with E-state index < -0.39 is 17.9 Å². The first-order valence-electron chi connectivity index (χ1n) is 7.11. The Morgan fingerprint density at radius 3 is 2.25 bits per heavy atom. The molecule has 2 rings (SSSR count). The van der Waals surface area contributed by atoms with Crippen molar-refractivity contribution in [3.63, 3.8) is 0 Å². The molecule has 0 saturated heterocycles. The summed E-state index contributed by atoms with van der Waals surface area (Å²) in [7, 11) is 0. The lowest BCUT2D eigenvalue weighted by Crippen LogP contribution is -2.48. The predicted octanol–water partition coefficient (Wildman–Crippen LogP) is 0.304. The number of carboxylic acids is 1. The maximum Gasteiger partial charge on any atom is 0.321 e. The van der Waals surface area contributed by atoms with Gasteiger partial charge in [-0.1, -0.05) is 12.8 Å². The van der Waals surface area contributed by atoms with Crippen molar-refractivity contribution < 1.29 is 19.5 Å². The molecule has 3 amide bonds. The highest BCUT2D eigenvalue weighted by Crippen LogP contribution is 2.26. The third kappa shape index (κ3) is 4.80. The van der Waals surface area contributed by atoms with E-state index in [1.165, 1.54) is 0 Å². The molecule has 7 nitrogen and oxygen atoms in total. The first-order chi connectivity index (χ1) is 9.54. The summed E-state index contributed by atoms with van der Waals surface area (Å²) >= 11 is 0. The molecule has 3 N–H and O–H groups in total. The van der Waals surface area contributed by atoms with Crippen molar-refractivity contribution in [2.24, 2.45) is 0 Å². The van der Waals surface area contributed by atoms with Crippen molar-refractivity contribution in [3.8, 4) is 0 Å². The minimum Gasteiger partial charge on any atom is -0.480 e. The standard InChI is InChI=1S/C13H21N3O4/c17-11(7-16(8-12(18)19)10-5-6-10)15-13(20)14-9-3-1-2-4-9/h9-10H,1-8H2,(H,18,19)(H2,14,15,17,20). The highest BCUT2D eigenvalue weighted by atomic mass is 16.4. The SMILES string of the molecule is O=C(O)CN(CC(=O)NC(=O)NC1CCCC1)C1CC1. The van der Waals surface area contributed by atoms with Crippen molar-refractivity contribution in [3.05, 3.63) is 0 Å². The summed E-state index contributed by atoms with van der Waals surface area (Å²) in [5.74, 6) is -1.41. The van der Waals surface area contributed by atoms with Crippen molar-refractivity contribution in [1.82, 2.24) is 15.5 Å². The minimum absolute atomic E-state index is 0.0466. The van der Waals surface area contributed by atoms with Gasteiger partial charge in [-0.3, -0.25) is 19.8 Å². The van der Waals surface area contributed by atoms with Gasteiger partial charge in [0.2, 0.25) is 5.91 Å². The van der Waals surface area contributed by atoms with Gasteiger partial charge in [-0.15, -0.1) is 0 Å². The summed E-state index contributed by atoms with van der Waals surface area (Å²) < 4.78 is 0. The zero-order chi connectivity index (χ0) is 14.5. The van der Waals surface area contributed by atoms with Gasteiger partial charge in [0, 0.05) is 12.1 Å². The van der Waals surface area contributed by atoms with Crippen LogP contribution in [0.25, 0.3) is 0 Å². The Morgan fingerprint density at radius 1 is 1.05 bits per heavy atom. The quantitative estimate of drug-likeness (QED) is 0.651. The van der Waals surface area contributed by atoms with E-state index in [4.69, 9.17) is 5.11 Å². The number of aliphatic carboxylic acids is 1. The number of imide groups is 1. The molecule has 0 bridgehead atoms. The summed E-state index contributed by atoms with van der Waals surface area (Å²) in [6, 6.07) is -0.163. The molecular formula is C13H21N3O4. The molecule has 0 heterocycles. The van der Waals surface area contributed by atoms with Crippen molar-refractivity contribution in [2.45, 2.75) is 50.6 Å². The van der Waals surface area contributed by atoms with Crippen LogP contribution >= 0.6 is 0 Å². The molecule has 0 aromatic heterocycles. The van der Waals surface area contributed by atoms with Crippen LogP contribution in [0.2, 0.25) is 0 Å². The van der Waals surface area contributed by atoms with Crippen LogP contribution < -0.4 is 10.6 Å². The summed E-state index contributed by atoms with van der Waals surface area (Å²) in [4.78, 5) is 35.7. The fourth-order valence-corrected chi connectivity index (χ4v) is 2.57. The van der Waals surface area contributed by atoms with Gasteiger partial charge in [0.05, 0.1) is 13.1 Å². The Hall–Kier alpha value is -1.63. The lowest BCUT2D eigenvalue weighted by molar-refractivity contribution is -0.138. The predicted molar refractivity (Wildman–Crippen MR) is 71.2 cm³/mol. The van der Waals surface area contributed by atoms with Crippen molar-refractivity contribution >= 4 is 17.9 Å². The number of carbonyl (C=O) groups is 3. The Kier molecular flexibility index (Phi) is 4.94. The molecule has 0 aliphatic heterocycles. The summed E-state index contributed by atoms with van der Waals surface area (Å²) in [6.45, 7) is -0.211. The summed E-state index contributed by atoms with van der Waals surface area (Å²) in [5.41, 5.74) is 0. The Morgan fingerprint density at radius 2 is 1.70 bits per heavy atom. The van der Waals surface area contributed by atoms with Gasteiger partial charge in [-0.2, -0.15) is 0 Å². The summed E-state index contributed by atoms with van der Waals surface area (Å²) in [6.07, 6.45) is 5.94. The van der Waals surface area contributed by atoms with Gasteiger partial charge in [0.25, 0.3) is 0 Å². The van der Waals surface area contributed by atoms with Crippen LogP contribution in [0.3, 0.4) is 0 Å². The van der Waals surface area contributed by atoms with Gasteiger partial charge in [0.15, 0.2) is 0 Å². The number of urea groups is 1. The van der Waals surface area contributed by atoms with E-state index in [2.05, 4.69) is 10.6 Å². The number of hydrogen-bond acceptors (Lipinski definition) is 4. The Bertz CT molecular complexity index is 389. The Labute approximate surface area is 117 Å². The van der Waals surface area contributed by atoms with Gasteiger partial charge < -0.3 is 10.4 Å². The van der Waals surface area contributed by atoms with Crippen LogP contribution in [-0.4, -0.2) is 53.1 Å². The van der Waals surface area contributed by atoms with E-state index in [9.17, 15) is 14.4 Å². The number of amides is 3. The molecule has 0 spiro atoms. The van der Waals surface area contributed by atoms with Crippen LogP contribution in [0.1, 0.15) is 38.5 Å². The molecule has 0 atom stereocenters. The fraction of sp³-hybridized carbons (Fsp3) is 0.769. The molecule has 2 aliphatic carbocycles. The number of carboxylic acid groups (broad SMARTS) is 1. The maximum atomic E-state index is 11.7. The van der Waals surface area contributed by atoms with Gasteiger partial charge in [-0.05, 0) is 25.7 Å². The minimum atomic E-state index is -0.958. The van der Waals surface area contributed by atoms with E-state index >= 15 is 0 Å². The van der Waals surface area contributed by atoms with Crippen LogP contribution in [0.15, 0.2) is 0 Å². The topological polar surface area (TPSA) is 98.7 Å². The highest BCUT2D eigenvalue weighted by Gasteiger charge is 2.31. The third-order valence-electron chi connectivity index (χ3n) is 3.69. The molecule has 0 radical (unpaired) electrons. The van der Waals surface area contributed by atoms with Gasteiger partial charge in [-0.25, -0.2) is 4.79 Å². The molecule has 0 aromatic carbocycles. The second-order valence-corrected chi connectivity index (χ2v) is 5.53. The van der Waals surface area contributed by atoms with Crippen LogP contribution in [0, 0.1) is 0 Å². The molecular weight excluding hydrogens is 262 g/mol. The van der Waals surface area contributed by atoms with Crippen molar-refractivity contribution in [1.29, 1.82) is 0 Å². The smallest absolute Gasteiger partial charge is 0.321 e. The number of nitrogens with one attached hydrogen (secondary N) is 2. The molecule has 20 heavy (non-hydrogen) atoms. The average molecular weight is 283 g/mol. The van der Waals surface area contributed by atoms with Crippen LogP contribution in [0.5, 0.6) is 0 Å². The molecule has 0 unspecified atom stereocenters. The first-order valence-corrected chi connectivity index (χ1v) is 7.11. The van der Waals surface area contributed by atoms with E-state index in [1.54, 1.807) is 4.90 Å². The average Bonchev–Trinajstić information content (AvgIpc) is 3.07. The second-order valence-electron chi connectivity index (χ2n) is 5.53. The highest BCUT2D eigenvalue weighted by molar-refractivity contribution is 5.95. The van der Waals surface area contributed by atoms with Crippen LogP contribution in [0.4, 0.5) is 4.79 Å². The van der Waals surface area contributed by atoms with Gasteiger partial charge in [0.1, 0.15) is 0 Å². The van der Waals surface area contributed by atoms with Crippen molar-refractivity contribution in [2.75, 3.05) is 13.1 Å². The zero-order valence-corrected chi connectivity index (χ0v) is 11.4. The largest absolute Gasteiger partial charge is 0.480 e.